The molecule has 1 heterocycles. The number of ether oxygens (including phenoxy) is 1. The fraction of sp³-hybridized carbons (Fsp3) is 0.400. The number of aryl methyl sites for hydroxylation is 1. The topological polar surface area (TPSA) is 39.4 Å². The van der Waals surface area contributed by atoms with Crippen LogP contribution in [0.1, 0.15) is 24.8 Å². The third-order valence-electron chi connectivity index (χ3n) is 2.97. The molecule has 0 spiro atoms. The van der Waals surface area contributed by atoms with Crippen LogP contribution >= 0.6 is 11.6 Å². The van der Waals surface area contributed by atoms with E-state index < -0.39 is 0 Å². The summed E-state index contributed by atoms with van der Waals surface area (Å²) in [5, 5.41) is 0.939. The van der Waals surface area contributed by atoms with Crippen molar-refractivity contribution in [3.8, 4) is 5.75 Å². The van der Waals surface area contributed by atoms with E-state index in [1.807, 2.05) is 19.1 Å². The van der Waals surface area contributed by atoms with Gasteiger partial charge in [0.05, 0.1) is 6.61 Å². The van der Waals surface area contributed by atoms with E-state index in [0.29, 0.717) is 18.1 Å². The third-order valence-corrected chi connectivity index (χ3v) is 3.24. The molecule has 0 bridgehead atoms. The molecule has 0 fully saturated rings. The Morgan fingerprint density at radius 3 is 2.84 bits per heavy atom. The first-order chi connectivity index (χ1) is 9.20. The summed E-state index contributed by atoms with van der Waals surface area (Å²) in [6.45, 7) is 2.55. The van der Waals surface area contributed by atoms with E-state index in [-0.39, 0.29) is 5.63 Å². The molecule has 0 saturated carbocycles. The molecule has 1 aromatic carbocycles. The molecule has 4 heteroatoms. The van der Waals surface area contributed by atoms with Crippen LogP contribution in [-0.2, 0) is 0 Å². The van der Waals surface area contributed by atoms with Gasteiger partial charge in [0.15, 0.2) is 0 Å². The standard InChI is InChI=1S/C15H17ClO3/c1-11-9-15(17)19-14-10-12(5-6-13(11)14)18-8-4-2-3-7-16/h5-6,9-10H,2-4,7-8H2,1H3. The van der Waals surface area contributed by atoms with Gasteiger partial charge in [-0.3, -0.25) is 0 Å². The Labute approximate surface area is 117 Å². The highest BCUT2D eigenvalue weighted by molar-refractivity contribution is 6.17. The van der Waals surface area contributed by atoms with Gasteiger partial charge < -0.3 is 9.15 Å². The molecule has 0 radical (unpaired) electrons. The number of halogens is 1. The molecule has 19 heavy (non-hydrogen) atoms. The average molecular weight is 281 g/mol. The number of hydrogen-bond acceptors (Lipinski definition) is 3. The zero-order valence-corrected chi connectivity index (χ0v) is 11.7. The van der Waals surface area contributed by atoms with Gasteiger partial charge in [-0.15, -0.1) is 11.6 Å². The van der Waals surface area contributed by atoms with Crippen LogP contribution in [0.4, 0.5) is 0 Å². The van der Waals surface area contributed by atoms with E-state index in [9.17, 15) is 4.79 Å². The van der Waals surface area contributed by atoms with E-state index in [4.69, 9.17) is 20.8 Å². The lowest BCUT2D eigenvalue weighted by Gasteiger charge is -2.07. The summed E-state index contributed by atoms with van der Waals surface area (Å²) in [6.07, 6.45) is 3.05. The van der Waals surface area contributed by atoms with Gasteiger partial charge >= 0.3 is 5.63 Å². The minimum atomic E-state index is -0.329. The molecule has 0 atom stereocenters. The second-order valence-electron chi connectivity index (χ2n) is 4.50. The Kier molecular flexibility index (Phi) is 4.86. The Hall–Kier alpha value is -1.48. The van der Waals surface area contributed by atoms with Crippen LogP contribution in [0, 0.1) is 6.92 Å². The van der Waals surface area contributed by atoms with Crippen LogP contribution in [0.25, 0.3) is 11.0 Å². The number of rotatable bonds is 6. The molecular formula is C15H17ClO3. The summed E-state index contributed by atoms with van der Waals surface area (Å²) in [7, 11) is 0. The zero-order valence-electron chi connectivity index (χ0n) is 10.9. The van der Waals surface area contributed by atoms with Crippen molar-refractivity contribution in [2.45, 2.75) is 26.2 Å². The molecule has 0 aliphatic carbocycles. The van der Waals surface area contributed by atoms with E-state index in [2.05, 4.69) is 0 Å². The molecular weight excluding hydrogens is 264 g/mol. The summed E-state index contributed by atoms with van der Waals surface area (Å²) in [5.41, 5.74) is 1.16. The average Bonchev–Trinajstić information content (AvgIpc) is 2.38. The SMILES string of the molecule is Cc1cc(=O)oc2cc(OCCCCCCl)ccc12. The van der Waals surface area contributed by atoms with Crippen molar-refractivity contribution in [2.24, 2.45) is 0 Å². The predicted molar refractivity (Wildman–Crippen MR) is 77.3 cm³/mol. The van der Waals surface area contributed by atoms with Crippen molar-refractivity contribution < 1.29 is 9.15 Å². The van der Waals surface area contributed by atoms with Gasteiger partial charge in [-0.25, -0.2) is 4.79 Å². The van der Waals surface area contributed by atoms with Crippen LogP contribution < -0.4 is 10.4 Å². The molecule has 2 rings (SSSR count). The van der Waals surface area contributed by atoms with Gasteiger partial charge in [0.25, 0.3) is 0 Å². The van der Waals surface area contributed by atoms with Crippen molar-refractivity contribution in [1.29, 1.82) is 0 Å². The summed E-state index contributed by atoms with van der Waals surface area (Å²) >= 11 is 5.61. The van der Waals surface area contributed by atoms with Gasteiger partial charge in [-0.2, -0.15) is 0 Å². The minimum absolute atomic E-state index is 0.329. The smallest absolute Gasteiger partial charge is 0.336 e. The molecule has 2 aromatic rings. The monoisotopic (exact) mass is 280 g/mol. The first-order valence-electron chi connectivity index (χ1n) is 6.44. The maximum absolute atomic E-state index is 11.3. The highest BCUT2D eigenvalue weighted by atomic mass is 35.5. The maximum atomic E-state index is 11.3. The predicted octanol–water partition coefficient (Wildman–Crippen LogP) is 3.89. The quantitative estimate of drug-likeness (QED) is 0.458. The largest absolute Gasteiger partial charge is 0.493 e. The lowest BCUT2D eigenvalue weighted by molar-refractivity contribution is 0.306. The number of fused-ring (bicyclic) bond motifs is 1. The Balaban J connectivity index is 2.07. The van der Waals surface area contributed by atoms with Gasteiger partial charge in [-0.1, -0.05) is 0 Å². The molecule has 0 aliphatic rings. The van der Waals surface area contributed by atoms with Gasteiger partial charge in [-0.05, 0) is 43.9 Å². The first kappa shape index (κ1) is 13.9. The van der Waals surface area contributed by atoms with Crippen LogP contribution in [0.2, 0.25) is 0 Å². The van der Waals surface area contributed by atoms with Crippen LogP contribution in [-0.4, -0.2) is 12.5 Å². The van der Waals surface area contributed by atoms with E-state index in [1.165, 1.54) is 6.07 Å². The van der Waals surface area contributed by atoms with Gasteiger partial charge in [0.2, 0.25) is 0 Å². The van der Waals surface area contributed by atoms with Crippen molar-refractivity contribution in [1.82, 2.24) is 0 Å². The van der Waals surface area contributed by atoms with E-state index in [0.717, 1.165) is 36.0 Å². The number of unbranched alkanes of at least 4 members (excludes halogenated alkanes) is 2. The molecule has 0 aliphatic heterocycles. The molecule has 3 nitrogen and oxygen atoms in total. The highest BCUT2D eigenvalue weighted by Crippen LogP contribution is 2.22. The Morgan fingerprint density at radius 2 is 2.05 bits per heavy atom. The highest BCUT2D eigenvalue weighted by Gasteiger charge is 2.03. The lowest BCUT2D eigenvalue weighted by atomic mass is 10.1. The summed E-state index contributed by atoms with van der Waals surface area (Å²) in [4.78, 5) is 11.3. The fourth-order valence-electron chi connectivity index (χ4n) is 1.96. The number of hydrogen-bond donors (Lipinski definition) is 0. The normalized spacial score (nSPS) is 10.8. The van der Waals surface area contributed by atoms with Gasteiger partial charge in [0.1, 0.15) is 11.3 Å². The molecule has 102 valence electrons. The molecule has 0 saturated heterocycles. The van der Waals surface area contributed by atoms with Gasteiger partial charge in [0, 0.05) is 23.4 Å². The van der Waals surface area contributed by atoms with Crippen LogP contribution in [0.3, 0.4) is 0 Å². The summed E-state index contributed by atoms with van der Waals surface area (Å²) in [5.74, 6) is 1.42. The van der Waals surface area contributed by atoms with Crippen molar-refractivity contribution in [3.63, 3.8) is 0 Å². The van der Waals surface area contributed by atoms with E-state index >= 15 is 0 Å². The molecule has 0 amide bonds. The summed E-state index contributed by atoms with van der Waals surface area (Å²) < 4.78 is 10.8. The maximum Gasteiger partial charge on any atom is 0.336 e. The fourth-order valence-corrected chi connectivity index (χ4v) is 2.15. The number of benzene rings is 1. The molecule has 1 aromatic heterocycles. The second-order valence-corrected chi connectivity index (χ2v) is 4.88. The second kappa shape index (κ2) is 6.62. The first-order valence-corrected chi connectivity index (χ1v) is 6.97. The lowest BCUT2D eigenvalue weighted by Crippen LogP contribution is -2.00. The Bertz CT molecular complexity index is 604. The Morgan fingerprint density at radius 1 is 1.21 bits per heavy atom. The van der Waals surface area contributed by atoms with Crippen molar-refractivity contribution >= 4 is 22.6 Å². The van der Waals surface area contributed by atoms with E-state index in [1.54, 1.807) is 6.07 Å². The number of alkyl halides is 1. The zero-order chi connectivity index (χ0) is 13.7. The third kappa shape index (κ3) is 3.74. The van der Waals surface area contributed by atoms with Crippen molar-refractivity contribution in [2.75, 3.05) is 12.5 Å². The van der Waals surface area contributed by atoms with Crippen LogP contribution in [0.5, 0.6) is 5.75 Å². The summed E-state index contributed by atoms with van der Waals surface area (Å²) in [6, 6.07) is 7.08. The van der Waals surface area contributed by atoms with Crippen LogP contribution in [0.15, 0.2) is 33.5 Å². The molecule has 0 N–H and O–H groups in total. The van der Waals surface area contributed by atoms with Crippen molar-refractivity contribution in [3.05, 3.63) is 40.2 Å². The minimum Gasteiger partial charge on any atom is -0.493 e. The molecule has 0 unspecified atom stereocenters.